The van der Waals surface area contributed by atoms with E-state index in [0.29, 0.717) is 10.6 Å². The molecular formula is C16H19N3OS. The minimum absolute atomic E-state index is 0.0620. The molecule has 1 fully saturated rings. The fourth-order valence-electron chi connectivity index (χ4n) is 2.71. The first-order valence-electron chi connectivity index (χ1n) is 7.09. The number of para-hydroxylation sites is 1. The average Bonchev–Trinajstić information content (AvgIpc) is 2.93. The highest BCUT2D eigenvalue weighted by atomic mass is 32.1. The molecule has 1 aliphatic heterocycles. The minimum atomic E-state index is 0.0620. The number of hydrogen-bond acceptors (Lipinski definition) is 4. The van der Waals surface area contributed by atoms with Crippen molar-refractivity contribution in [1.29, 1.82) is 0 Å². The molecule has 0 spiro atoms. The minimum Gasteiger partial charge on any atom is -0.397 e. The van der Waals surface area contributed by atoms with Crippen molar-refractivity contribution in [2.75, 3.05) is 36.8 Å². The van der Waals surface area contributed by atoms with Crippen LogP contribution in [0.4, 0.5) is 11.4 Å². The fourth-order valence-corrected chi connectivity index (χ4v) is 3.49. The molecule has 1 aromatic heterocycles. The van der Waals surface area contributed by atoms with E-state index in [4.69, 9.17) is 5.73 Å². The van der Waals surface area contributed by atoms with Crippen molar-refractivity contribution in [2.24, 2.45) is 0 Å². The second-order valence-corrected chi connectivity index (χ2v) is 6.19. The Morgan fingerprint density at radius 2 is 1.86 bits per heavy atom. The van der Waals surface area contributed by atoms with Crippen molar-refractivity contribution in [2.45, 2.75) is 6.92 Å². The number of anilines is 2. The predicted octanol–water partition coefficient (Wildman–Crippen LogP) is 2.60. The van der Waals surface area contributed by atoms with E-state index >= 15 is 0 Å². The van der Waals surface area contributed by atoms with Crippen molar-refractivity contribution in [3.63, 3.8) is 0 Å². The highest BCUT2D eigenvalue weighted by Crippen LogP contribution is 2.24. The maximum Gasteiger partial charge on any atom is 0.266 e. The summed E-state index contributed by atoms with van der Waals surface area (Å²) < 4.78 is 0. The Hall–Kier alpha value is -2.01. The Kier molecular flexibility index (Phi) is 3.84. The van der Waals surface area contributed by atoms with Crippen LogP contribution in [0.25, 0.3) is 0 Å². The summed E-state index contributed by atoms with van der Waals surface area (Å²) in [5, 5.41) is 1.87. The number of thiophene rings is 1. The van der Waals surface area contributed by atoms with Gasteiger partial charge in [0.15, 0.2) is 0 Å². The predicted molar refractivity (Wildman–Crippen MR) is 88.0 cm³/mol. The highest BCUT2D eigenvalue weighted by molar-refractivity contribution is 7.12. The van der Waals surface area contributed by atoms with E-state index in [-0.39, 0.29) is 5.91 Å². The van der Waals surface area contributed by atoms with E-state index in [1.165, 1.54) is 22.6 Å². The number of aryl methyl sites for hydroxylation is 1. The fraction of sp³-hybridized carbons (Fsp3) is 0.312. The van der Waals surface area contributed by atoms with E-state index < -0.39 is 0 Å². The molecular weight excluding hydrogens is 282 g/mol. The molecule has 5 heteroatoms. The summed E-state index contributed by atoms with van der Waals surface area (Å²) in [6, 6.07) is 10.2. The van der Waals surface area contributed by atoms with Crippen molar-refractivity contribution >= 4 is 28.6 Å². The lowest BCUT2D eigenvalue weighted by Gasteiger charge is -2.36. The van der Waals surface area contributed by atoms with Crippen LogP contribution in [0.1, 0.15) is 15.2 Å². The molecule has 0 atom stereocenters. The van der Waals surface area contributed by atoms with E-state index in [1.807, 2.05) is 10.3 Å². The lowest BCUT2D eigenvalue weighted by atomic mass is 10.1. The van der Waals surface area contributed by atoms with E-state index in [9.17, 15) is 4.79 Å². The lowest BCUT2D eigenvalue weighted by molar-refractivity contribution is 0.0752. The molecule has 0 aliphatic carbocycles. The van der Waals surface area contributed by atoms with Crippen LogP contribution >= 0.6 is 11.3 Å². The highest BCUT2D eigenvalue weighted by Gasteiger charge is 2.24. The molecule has 0 saturated carbocycles. The molecule has 110 valence electrons. The van der Waals surface area contributed by atoms with Gasteiger partial charge >= 0.3 is 0 Å². The molecule has 1 amide bonds. The summed E-state index contributed by atoms with van der Waals surface area (Å²) in [6.45, 7) is 5.33. The zero-order chi connectivity index (χ0) is 14.8. The molecule has 21 heavy (non-hydrogen) atoms. The molecule has 1 saturated heterocycles. The maximum absolute atomic E-state index is 12.4. The van der Waals surface area contributed by atoms with Crippen LogP contribution in [0.5, 0.6) is 0 Å². The van der Waals surface area contributed by atoms with Gasteiger partial charge in [-0.2, -0.15) is 0 Å². The number of rotatable bonds is 2. The maximum atomic E-state index is 12.4. The van der Waals surface area contributed by atoms with Crippen LogP contribution in [0, 0.1) is 6.92 Å². The van der Waals surface area contributed by atoms with Crippen LogP contribution in [0.2, 0.25) is 0 Å². The normalized spacial score (nSPS) is 15.3. The van der Waals surface area contributed by atoms with Gasteiger partial charge < -0.3 is 15.5 Å². The number of carbonyl (C=O) groups is 1. The zero-order valence-electron chi connectivity index (χ0n) is 12.1. The van der Waals surface area contributed by atoms with E-state index in [2.05, 4.69) is 36.1 Å². The summed E-state index contributed by atoms with van der Waals surface area (Å²) in [5.74, 6) is 0.0620. The van der Waals surface area contributed by atoms with Gasteiger partial charge in [-0.1, -0.05) is 18.2 Å². The number of nitrogen functional groups attached to an aromatic ring is 1. The third-order valence-electron chi connectivity index (χ3n) is 3.91. The largest absolute Gasteiger partial charge is 0.397 e. The van der Waals surface area contributed by atoms with Gasteiger partial charge in [0, 0.05) is 31.9 Å². The van der Waals surface area contributed by atoms with Gasteiger partial charge in [-0.15, -0.1) is 11.3 Å². The smallest absolute Gasteiger partial charge is 0.266 e. The SMILES string of the molecule is Cc1ccccc1N1CCN(C(=O)c2sccc2N)CC1. The van der Waals surface area contributed by atoms with Crippen molar-refractivity contribution in [3.8, 4) is 0 Å². The molecule has 2 aromatic rings. The van der Waals surface area contributed by atoms with Crippen molar-refractivity contribution < 1.29 is 4.79 Å². The van der Waals surface area contributed by atoms with Gasteiger partial charge in [-0.25, -0.2) is 0 Å². The molecule has 2 N–H and O–H groups in total. The van der Waals surface area contributed by atoms with Crippen molar-refractivity contribution in [1.82, 2.24) is 4.90 Å². The van der Waals surface area contributed by atoms with Gasteiger partial charge in [-0.3, -0.25) is 4.79 Å². The number of hydrogen-bond donors (Lipinski definition) is 1. The first-order valence-corrected chi connectivity index (χ1v) is 7.97. The molecule has 2 heterocycles. The van der Waals surface area contributed by atoms with E-state index in [1.54, 1.807) is 6.07 Å². The number of benzene rings is 1. The molecule has 0 radical (unpaired) electrons. The number of nitrogens with zero attached hydrogens (tertiary/aromatic N) is 2. The average molecular weight is 301 g/mol. The monoisotopic (exact) mass is 301 g/mol. The van der Waals surface area contributed by atoms with Gasteiger partial charge in [-0.05, 0) is 30.0 Å². The Morgan fingerprint density at radius 3 is 2.48 bits per heavy atom. The summed E-state index contributed by atoms with van der Waals surface area (Å²) in [6.07, 6.45) is 0. The van der Waals surface area contributed by atoms with Gasteiger partial charge in [0.1, 0.15) is 4.88 Å². The topological polar surface area (TPSA) is 49.6 Å². The zero-order valence-corrected chi connectivity index (χ0v) is 12.9. The van der Waals surface area contributed by atoms with Crippen LogP contribution in [0.3, 0.4) is 0 Å². The van der Waals surface area contributed by atoms with Gasteiger partial charge in [0.25, 0.3) is 5.91 Å². The summed E-state index contributed by atoms with van der Waals surface area (Å²) >= 11 is 1.42. The molecule has 1 aromatic carbocycles. The van der Waals surface area contributed by atoms with Crippen LogP contribution in [0.15, 0.2) is 35.7 Å². The summed E-state index contributed by atoms with van der Waals surface area (Å²) in [4.78, 5) is 17.3. The molecule has 1 aliphatic rings. The van der Waals surface area contributed by atoms with Crippen LogP contribution < -0.4 is 10.6 Å². The standard InChI is InChI=1S/C16H19N3OS/c1-12-4-2-3-5-14(12)18-7-9-19(10-8-18)16(20)15-13(17)6-11-21-15/h2-6,11H,7-10,17H2,1H3. The van der Waals surface area contributed by atoms with Crippen molar-refractivity contribution in [3.05, 3.63) is 46.2 Å². The Bertz CT molecular complexity index is 644. The quantitative estimate of drug-likeness (QED) is 0.927. The Labute approximate surface area is 128 Å². The second-order valence-electron chi connectivity index (χ2n) is 5.27. The third kappa shape index (κ3) is 2.74. The Balaban J connectivity index is 1.67. The van der Waals surface area contributed by atoms with Crippen LogP contribution in [-0.2, 0) is 0 Å². The summed E-state index contributed by atoms with van der Waals surface area (Å²) in [5.41, 5.74) is 8.97. The Morgan fingerprint density at radius 1 is 1.14 bits per heavy atom. The van der Waals surface area contributed by atoms with Gasteiger partial charge in [0.2, 0.25) is 0 Å². The lowest BCUT2D eigenvalue weighted by Crippen LogP contribution is -2.48. The molecule has 0 bridgehead atoms. The molecule has 0 unspecified atom stereocenters. The third-order valence-corrected chi connectivity index (χ3v) is 4.83. The summed E-state index contributed by atoms with van der Waals surface area (Å²) in [7, 11) is 0. The van der Waals surface area contributed by atoms with E-state index in [0.717, 1.165) is 26.2 Å². The van der Waals surface area contributed by atoms with Gasteiger partial charge in [0.05, 0.1) is 5.69 Å². The molecule has 3 rings (SSSR count). The number of nitrogens with two attached hydrogens (primary N) is 1. The van der Waals surface area contributed by atoms with Crippen LogP contribution in [-0.4, -0.2) is 37.0 Å². The first kappa shape index (κ1) is 13.9. The number of amides is 1. The molecule has 4 nitrogen and oxygen atoms in total. The second kappa shape index (κ2) is 5.77. The number of piperazine rings is 1. The number of carbonyl (C=O) groups excluding carboxylic acids is 1. The first-order chi connectivity index (χ1) is 10.2.